The maximum Gasteiger partial charge on any atom is 0.196 e. The summed E-state index contributed by atoms with van der Waals surface area (Å²) in [5.74, 6) is -0.531. The highest BCUT2D eigenvalue weighted by atomic mass is 79.9. The molecule has 0 atom stereocenters. The third kappa shape index (κ3) is 2.31. The third-order valence-electron chi connectivity index (χ3n) is 3.06. The highest BCUT2D eigenvalue weighted by molar-refractivity contribution is 9.10. The Morgan fingerprint density at radius 3 is 2.60 bits per heavy atom. The number of carbonyl (C=O) groups excluding carboxylic acids is 1. The molecule has 0 unspecified atom stereocenters. The van der Waals surface area contributed by atoms with Gasteiger partial charge >= 0.3 is 0 Å². The van der Waals surface area contributed by atoms with Gasteiger partial charge in [0, 0.05) is 37.2 Å². The number of nitrogens with one attached hydrogen (secondary N) is 1. The van der Waals surface area contributed by atoms with E-state index >= 15 is 0 Å². The Morgan fingerprint density at radius 1 is 1.05 bits per heavy atom. The first-order valence-electron chi connectivity index (χ1n) is 5.82. The normalized spacial score (nSPS) is 10.9. The van der Waals surface area contributed by atoms with Gasteiger partial charge in [0.2, 0.25) is 0 Å². The topological polar surface area (TPSA) is 32.9 Å². The molecule has 0 saturated carbocycles. The van der Waals surface area contributed by atoms with Crippen LogP contribution in [-0.2, 0) is 0 Å². The summed E-state index contributed by atoms with van der Waals surface area (Å²) in [5, 5.41) is 0.834. The number of benzene rings is 2. The van der Waals surface area contributed by atoms with Gasteiger partial charge in [-0.15, -0.1) is 0 Å². The lowest BCUT2D eigenvalue weighted by Crippen LogP contribution is -2.01. The number of ketones is 1. The van der Waals surface area contributed by atoms with Crippen molar-refractivity contribution >= 4 is 48.5 Å². The lowest BCUT2D eigenvalue weighted by atomic mass is 10.0. The Balaban J connectivity index is 2.15. The van der Waals surface area contributed by atoms with Gasteiger partial charge in [-0.2, -0.15) is 0 Å². The van der Waals surface area contributed by atoms with E-state index in [1.807, 2.05) is 18.2 Å². The van der Waals surface area contributed by atoms with Gasteiger partial charge in [-0.05, 0) is 52.3 Å². The molecule has 0 radical (unpaired) electrons. The highest BCUT2D eigenvalue weighted by Crippen LogP contribution is 2.27. The highest BCUT2D eigenvalue weighted by Gasteiger charge is 2.17. The van der Waals surface area contributed by atoms with Gasteiger partial charge in [0.15, 0.2) is 5.78 Å². The van der Waals surface area contributed by atoms with Crippen LogP contribution in [0.1, 0.15) is 15.9 Å². The summed E-state index contributed by atoms with van der Waals surface area (Å²) in [6.07, 6.45) is 1.68. The third-order valence-corrected chi connectivity index (χ3v) is 4.21. The SMILES string of the molecule is O=C(c1ccc(F)cc1Br)c1c[nH]c2ccc(Br)cc12. The monoisotopic (exact) mass is 395 g/mol. The Labute approximate surface area is 131 Å². The number of aromatic amines is 1. The van der Waals surface area contributed by atoms with Crippen molar-refractivity contribution in [1.82, 2.24) is 4.98 Å². The quantitative estimate of drug-likeness (QED) is 0.603. The van der Waals surface area contributed by atoms with Gasteiger partial charge in [0.05, 0.1) is 0 Å². The standard InChI is InChI=1S/C15H8Br2FNO/c16-8-1-4-14-11(5-8)12(7-19-14)15(20)10-3-2-9(18)6-13(10)17/h1-7,19H. The van der Waals surface area contributed by atoms with E-state index in [-0.39, 0.29) is 11.6 Å². The van der Waals surface area contributed by atoms with Crippen molar-refractivity contribution in [2.75, 3.05) is 0 Å². The Bertz CT molecular complexity index is 826. The van der Waals surface area contributed by atoms with Gasteiger partial charge in [-0.3, -0.25) is 4.79 Å². The van der Waals surface area contributed by atoms with Crippen LogP contribution in [0.3, 0.4) is 0 Å². The van der Waals surface area contributed by atoms with Crippen molar-refractivity contribution in [3.63, 3.8) is 0 Å². The van der Waals surface area contributed by atoms with E-state index in [4.69, 9.17) is 0 Å². The number of H-pyrrole nitrogens is 1. The largest absolute Gasteiger partial charge is 0.360 e. The van der Waals surface area contributed by atoms with E-state index in [1.54, 1.807) is 6.20 Å². The molecule has 100 valence electrons. The minimum Gasteiger partial charge on any atom is -0.360 e. The zero-order valence-corrected chi connectivity index (χ0v) is 13.3. The van der Waals surface area contributed by atoms with Gasteiger partial charge in [0.25, 0.3) is 0 Å². The summed E-state index contributed by atoms with van der Waals surface area (Å²) in [4.78, 5) is 15.6. The molecule has 0 bridgehead atoms. The van der Waals surface area contributed by atoms with E-state index < -0.39 is 0 Å². The van der Waals surface area contributed by atoms with Crippen molar-refractivity contribution in [3.05, 3.63) is 68.5 Å². The zero-order chi connectivity index (χ0) is 14.3. The number of hydrogen-bond donors (Lipinski definition) is 1. The summed E-state index contributed by atoms with van der Waals surface area (Å²) >= 11 is 6.63. The number of aromatic nitrogens is 1. The fourth-order valence-electron chi connectivity index (χ4n) is 2.10. The van der Waals surface area contributed by atoms with Crippen LogP contribution in [0.5, 0.6) is 0 Å². The van der Waals surface area contributed by atoms with Crippen LogP contribution < -0.4 is 0 Å². The van der Waals surface area contributed by atoms with E-state index in [0.29, 0.717) is 15.6 Å². The first-order chi connectivity index (χ1) is 9.56. The van der Waals surface area contributed by atoms with E-state index in [9.17, 15) is 9.18 Å². The van der Waals surface area contributed by atoms with Crippen molar-refractivity contribution in [2.24, 2.45) is 0 Å². The first kappa shape index (κ1) is 13.5. The van der Waals surface area contributed by atoms with E-state index in [1.165, 1.54) is 18.2 Å². The molecule has 3 rings (SSSR count). The smallest absolute Gasteiger partial charge is 0.196 e. The van der Waals surface area contributed by atoms with Gasteiger partial charge < -0.3 is 4.98 Å². The molecule has 1 aromatic heterocycles. The minimum absolute atomic E-state index is 0.152. The van der Waals surface area contributed by atoms with Crippen LogP contribution >= 0.6 is 31.9 Å². The molecule has 1 heterocycles. The summed E-state index contributed by atoms with van der Waals surface area (Å²) in [7, 11) is 0. The molecular formula is C15H8Br2FNO. The molecule has 0 aliphatic heterocycles. The molecule has 0 fully saturated rings. The Hall–Kier alpha value is -1.46. The van der Waals surface area contributed by atoms with Crippen LogP contribution in [0.25, 0.3) is 10.9 Å². The fraction of sp³-hybridized carbons (Fsp3) is 0. The molecule has 2 nitrogen and oxygen atoms in total. The van der Waals surface area contributed by atoms with E-state index in [0.717, 1.165) is 15.4 Å². The van der Waals surface area contributed by atoms with Crippen LogP contribution in [0, 0.1) is 5.82 Å². The van der Waals surface area contributed by atoms with Gasteiger partial charge in [-0.25, -0.2) is 4.39 Å². The maximum absolute atomic E-state index is 13.1. The Morgan fingerprint density at radius 2 is 1.85 bits per heavy atom. The molecule has 2 aromatic carbocycles. The van der Waals surface area contributed by atoms with Crippen LogP contribution in [-0.4, -0.2) is 10.8 Å². The first-order valence-corrected chi connectivity index (χ1v) is 7.41. The van der Waals surface area contributed by atoms with Crippen LogP contribution in [0.4, 0.5) is 4.39 Å². The van der Waals surface area contributed by atoms with E-state index in [2.05, 4.69) is 36.8 Å². The number of hydrogen-bond acceptors (Lipinski definition) is 1. The molecule has 5 heteroatoms. The lowest BCUT2D eigenvalue weighted by Gasteiger charge is -2.03. The minimum atomic E-state index is -0.380. The average Bonchev–Trinajstić information content (AvgIpc) is 2.81. The predicted octanol–water partition coefficient (Wildman–Crippen LogP) is 5.06. The van der Waals surface area contributed by atoms with Crippen LogP contribution in [0.2, 0.25) is 0 Å². The lowest BCUT2D eigenvalue weighted by molar-refractivity contribution is 0.103. The number of fused-ring (bicyclic) bond motifs is 1. The number of rotatable bonds is 2. The summed E-state index contributed by atoms with van der Waals surface area (Å²) in [5.41, 5.74) is 1.88. The summed E-state index contributed by atoms with van der Waals surface area (Å²) in [6, 6.07) is 9.74. The second-order valence-electron chi connectivity index (χ2n) is 4.35. The van der Waals surface area contributed by atoms with Gasteiger partial charge in [0.1, 0.15) is 5.82 Å². The van der Waals surface area contributed by atoms with Crippen molar-refractivity contribution in [2.45, 2.75) is 0 Å². The van der Waals surface area contributed by atoms with Crippen molar-refractivity contribution < 1.29 is 9.18 Å². The second kappa shape index (κ2) is 5.14. The Kier molecular flexibility index (Phi) is 3.48. The van der Waals surface area contributed by atoms with Crippen LogP contribution in [0.15, 0.2) is 51.5 Å². The maximum atomic E-state index is 13.1. The second-order valence-corrected chi connectivity index (χ2v) is 6.12. The molecule has 0 amide bonds. The average molecular weight is 397 g/mol. The molecule has 3 aromatic rings. The molecule has 0 saturated heterocycles. The summed E-state index contributed by atoms with van der Waals surface area (Å²) < 4.78 is 14.5. The molecule has 20 heavy (non-hydrogen) atoms. The molecule has 0 spiro atoms. The number of halogens is 3. The molecular weight excluding hydrogens is 389 g/mol. The van der Waals surface area contributed by atoms with Crippen molar-refractivity contribution in [3.8, 4) is 0 Å². The summed E-state index contributed by atoms with van der Waals surface area (Å²) in [6.45, 7) is 0. The van der Waals surface area contributed by atoms with Crippen molar-refractivity contribution in [1.29, 1.82) is 0 Å². The molecule has 0 aliphatic carbocycles. The predicted molar refractivity (Wildman–Crippen MR) is 83.5 cm³/mol. The fourth-order valence-corrected chi connectivity index (χ4v) is 2.99. The van der Waals surface area contributed by atoms with Gasteiger partial charge in [-0.1, -0.05) is 15.9 Å². The zero-order valence-electron chi connectivity index (χ0n) is 10.1. The number of carbonyl (C=O) groups is 1. The molecule has 0 aliphatic rings. The molecule has 1 N–H and O–H groups in total.